The van der Waals surface area contributed by atoms with Crippen molar-refractivity contribution in [2.75, 3.05) is 0 Å². The molecule has 0 aliphatic heterocycles. The lowest BCUT2D eigenvalue weighted by molar-refractivity contribution is 0.664. The van der Waals surface area contributed by atoms with Crippen LogP contribution in [0.2, 0.25) is 0 Å². The molecule has 0 radical (unpaired) electrons. The zero-order chi connectivity index (χ0) is 29.5. The molecule has 0 saturated carbocycles. The summed E-state index contributed by atoms with van der Waals surface area (Å²) in [6.07, 6.45) is 0. The van der Waals surface area contributed by atoms with Gasteiger partial charge in [-0.3, -0.25) is 0 Å². The summed E-state index contributed by atoms with van der Waals surface area (Å²) in [7, 11) is 0. The lowest BCUT2D eigenvalue weighted by Crippen LogP contribution is -1.94. The fourth-order valence-corrected chi connectivity index (χ4v) is 7.37. The largest absolute Gasteiger partial charge is 0.456 e. The number of fused-ring (bicyclic) bond motifs is 5. The molecule has 45 heavy (non-hydrogen) atoms. The highest BCUT2D eigenvalue weighted by Crippen LogP contribution is 2.41. The second-order valence-electron chi connectivity index (χ2n) is 11.8. The Labute approximate surface area is 258 Å². The predicted octanol–water partition coefficient (Wildman–Crippen LogP) is 11.4. The summed E-state index contributed by atoms with van der Waals surface area (Å²) in [5, 5.41) is 7.24. The number of hydrogen-bond acceptors (Lipinski definition) is 1. The molecule has 10 aromatic rings. The number of rotatable bonds is 3. The van der Waals surface area contributed by atoms with Gasteiger partial charge in [0.25, 0.3) is 0 Å². The molecular weight excluding hydrogens is 548 g/mol. The lowest BCUT2D eigenvalue weighted by atomic mass is 10.0. The van der Waals surface area contributed by atoms with Crippen LogP contribution in [0.3, 0.4) is 0 Å². The summed E-state index contributed by atoms with van der Waals surface area (Å²) < 4.78 is 11.3. The molecule has 0 aliphatic carbocycles. The normalized spacial score (nSPS) is 12.0. The summed E-state index contributed by atoms with van der Waals surface area (Å²) in [6.45, 7) is 0. The van der Waals surface area contributed by atoms with Gasteiger partial charge in [0.15, 0.2) is 0 Å². The summed E-state index contributed by atoms with van der Waals surface area (Å²) in [6, 6.07) is 56.4. The van der Waals surface area contributed by atoms with Crippen molar-refractivity contribution in [2.24, 2.45) is 0 Å². The Kier molecular flexibility index (Phi) is 5.00. The molecule has 0 fully saturated rings. The third-order valence-electron chi connectivity index (χ3n) is 9.32. The molecule has 3 heteroatoms. The van der Waals surface area contributed by atoms with Crippen LogP contribution in [0.1, 0.15) is 0 Å². The molecule has 0 unspecified atom stereocenters. The number of para-hydroxylation sites is 3. The van der Waals surface area contributed by atoms with E-state index in [2.05, 4.69) is 161 Å². The quantitative estimate of drug-likeness (QED) is 0.206. The van der Waals surface area contributed by atoms with E-state index in [1.54, 1.807) is 0 Å². The smallest absolute Gasteiger partial charge is 0.137 e. The first-order valence-corrected chi connectivity index (χ1v) is 15.4. The van der Waals surface area contributed by atoms with E-state index in [0.717, 1.165) is 33.1 Å². The highest BCUT2D eigenvalue weighted by atomic mass is 16.3. The summed E-state index contributed by atoms with van der Waals surface area (Å²) in [4.78, 5) is 0. The number of nitrogens with zero attached hydrogens (tertiary/aromatic N) is 2. The number of benzene rings is 7. The van der Waals surface area contributed by atoms with Crippen molar-refractivity contribution in [2.45, 2.75) is 0 Å². The average Bonchev–Trinajstić information content (AvgIpc) is 3.57. The molecule has 0 spiro atoms. The number of hydrogen-bond donors (Lipinski definition) is 0. The molecule has 0 bridgehead atoms. The standard InChI is InChI=1S/C42H26N2O/c1-2-10-29(11-3-1)43-35-15-6-4-12-31(35)34-26-28(22-25-36(34)43)27-20-23-30(24-21-27)44-37-16-8-14-33-32-13-5-7-18-39(32)45-40-19-9-17-38(44)42(40)41(33)37/h1-26H. The zero-order valence-corrected chi connectivity index (χ0v) is 24.3. The van der Waals surface area contributed by atoms with Crippen LogP contribution in [0.25, 0.3) is 88.1 Å². The maximum absolute atomic E-state index is 6.53. The zero-order valence-electron chi connectivity index (χ0n) is 24.3. The van der Waals surface area contributed by atoms with Crippen LogP contribution in [-0.4, -0.2) is 9.13 Å². The van der Waals surface area contributed by atoms with Crippen LogP contribution >= 0.6 is 0 Å². The van der Waals surface area contributed by atoms with Gasteiger partial charge in [0.05, 0.1) is 27.5 Å². The van der Waals surface area contributed by atoms with Crippen molar-refractivity contribution in [3.63, 3.8) is 0 Å². The highest BCUT2D eigenvalue weighted by molar-refractivity contribution is 6.26. The second kappa shape index (κ2) is 9.22. The van der Waals surface area contributed by atoms with Gasteiger partial charge in [0.1, 0.15) is 11.2 Å². The molecule has 3 aromatic heterocycles. The lowest BCUT2D eigenvalue weighted by Gasteiger charge is -2.10. The maximum Gasteiger partial charge on any atom is 0.137 e. The first-order valence-electron chi connectivity index (χ1n) is 15.4. The Balaban J connectivity index is 1.15. The third-order valence-corrected chi connectivity index (χ3v) is 9.32. The highest BCUT2D eigenvalue weighted by Gasteiger charge is 2.19. The van der Waals surface area contributed by atoms with Gasteiger partial charge in [0.2, 0.25) is 0 Å². The van der Waals surface area contributed by atoms with Crippen molar-refractivity contribution >= 4 is 65.6 Å². The first-order chi connectivity index (χ1) is 22.3. The van der Waals surface area contributed by atoms with Crippen molar-refractivity contribution in [3.05, 3.63) is 158 Å². The SMILES string of the molecule is c1ccc(-n2c3ccccc3c3cc(-c4ccc(-n5c6cccc7oc8ccccc8c8cccc5c8c76)cc4)ccc32)cc1. The van der Waals surface area contributed by atoms with Crippen molar-refractivity contribution < 1.29 is 4.42 Å². The van der Waals surface area contributed by atoms with Gasteiger partial charge in [-0.05, 0) is 83.2 Å². The van der Waals surface area contributed by atoms with E-state index >= 15 is 0 Å². The Morgan fingerprint density at radius 1 is 0.333 bits per heavy atom. The van der Waals surface area contributed by atoms with Crippen molar-refractivity contribution in [3.8, 4) is 22.5 Å². The van der Waals surface area contributed by atoms with E-state index < -0.39 is 0 Å². The van der Waals surface area contributed by atoms with Gasteiger partial charge < -0.3 is 13.6 Å². The first kappa shape index (κ1) is 24.4. The Morgan fingerprint density at radius 3 is 1.78 bits per heavy atom. The Morgan fingerprint density at radius 2 is 0.911 bits per heavy atom. The monoisotopic (exact) mass is 574 g/mol. The molecule has 0 atom stereocenters. The van der Waals surface area contributed by atoms with Crippen molar-refractivity contribution in [1.29, 1.82) is 0 Å². The van der Waals surface area contributed by atoms with Crippen molar-refractivity contribution in [1.82, 2.24) is 9.13 Å². The van der Waals surface area contributed by atoms with E-state index in [9.17, 15) is 0 Å². The van der Waals surface area contributed by atoms with Crippen LogP contribution in [0.4, 0.5) is 0 Å². The van der Waals surface area contributed by atoms with E-state index in [0.29, 0.717) is 0 Å². The van der Waals surface area contributed by atoms with E-state index in [1.165, 1.54) is 54.9 Å². The Hall–Kier alpha value is -6.06. The topological polar surface area (TPSA) is 23.0 Å². The molecule has 7 aromatic carbocycles. The molecule has 0 amide bonds. The van der Waals surface area contributed by atoms with E-state index in [-0.39, 0.29) is 0 Å². The molecule has 0 saturated heterocycles. The van der Waals surface area contributed by atoms with Crippen LogP contribution in [0.15, 0.2) is 162 Å². The van der Waals surface area contributed by atoms with Gasteiger partial charge in [0, 0.05) is 32.9 Å². The summed E-state index contributed by atoms with van der Waals surface area (Å²) in [5.74, 6) is 0. The maximum atomic E-state index is 6.53. The summed E-state index contributed by atoms with van der Waals surface area (Å²) >= 11 is 0. The van der Waals surface area contributed by atoms with Crippen LogP contribution in [0, 0.1) is 0 Å². The van der Waals surface area contributed by atoms with Crippen LogP contribution in [0.5, 0.6) is 0 Å². The minimum absolute atomic E-state index is 0.897. The number of aromatic nitrogens is 2. The predicted molar refractivity (Wildman–Crippen MR) is 188 cm³/mol. The average molecular weight is 575 g/mol. The molecule has 0 aliphatic rings. The molecule has 210 valence electrons. The Bertz CT molecular complexity index is 2740. The minimum Gasteiger partial charge on any atom is -0.456 e. The van der Waals surface area contributed by atoms with Gasteiger partial charge >= 0.3 is 0 Å². The fraction of sp³-hybridized carbons (Fsp3) is 0. The minimum atomic E-state index is 0.897. The molecular formula is C42H26N2O. The van der Waals surface area contributed by atoms with Crippen LogP contribution in [-0.2, 0) is 0 Å². The van der Waals surface area contributed by atoms with E-state index in [1.807, 2.05) is 6.07 Å². The second-order valence-corrected chi connectivity index (χ2v) is 11.8. The fourth-order valence-electron chi connectivity index (χ4n) is 7.37. The van der Waals surface area contributed by atoms with Gasteiger partial charge in [-0.1, -0.05) is 91.0 Å². The molecule has 0 N–H and O–H groups in total. The van der Waals surface area contributed by atoms with Crippen LogP contribution < -0.4 is 0 Å². The third kappa shape index (κ3) is 3.46. The van der Waals surface area contributed by atoms with E-state index in [4.69, 9.17) is 4.42 Å². The molecule has 3 heterocycles. The molecule has 3 nitrogen and oxygen atoms in total. The van der Waals surface area contributed by atoms with Gasteiger partial charge in [-0.25, -0.2) is 0 Å². The molecule has 10 rings (SSSR count). The summed E-state index contributed by atoms with van der Waals surface area (Å²) in [5.41, 5.74) is 11.2. The van der Waals surface area contributed by atoms with Gasteiger partial charge in [-0.15, -0.1) is 0 Å². The van der Waals surface area contributed by atoms with Gasteiger partial charge in [-0.2, -0.15) is 0 Å².